The van der Waals surface area contributed by atoms with E-state index >= 15 is 0 Å². The van der Waals surface area contributed by atoms with Crippen LogP contribution in [0.2, 0.25) is 0 Å². The highest BCUT2D eigenvalue weighted by Crippen LogP contribution is 2.33. The first-order valence-corrected chi connectivity index (χ1v) is 9.37. The van der Waals surface area contributed by atoms with Crippen molar-refractivity contribution in [1.82, 2.24) is 15.0 Å². The maximum atomic E-state index is 12.5. The molecule has 0 atom stereocenters. The normalized spacial score (nSPS) is 11.4. The lowest BCUT2D eigenvalue weighted by atomic mass is 9.85. The number of fused-ring (bicyclic) bond motifs is 1. The Bertz CT molecular complexity index is 1320. The van der Waals surface area contributed by atoms with E-state index in [4.69, 9.17) is 4.98 Å². The minimum absolute atomic E-state index is 0.132. The van der Waals surface area contributed by atoms with Gasteiger partial charge in [0.05, 0.1) is 34.6 Å². The average molecular weight is 380 g/mol. The van der Waals surface area contributed by atoms with Crippen LogP contribution in [0.25, 0.3) is 33.4 Å². The number of nitrogens with one attached hydrogen (secondary N) is 1. The predicted octanol–water partition coefficient (Wildman–Crippen LogP) is 4.82. The van der Waals surface area contributed by atoms with Crippen LogP contribution in [0.3, 0.4) is 0 Å². The summed E-state index contributed by atoms with van der Waals surface area (Å²) in [6.45, 7) is 6.36. The van der Waals surface area contributed by atoms with Crippen LogP contribution in [0.5, 0.6) is 0 Å². The Balaban J connectivity index is 2.04. The van der Waals surface area contributed by atoms with Gasteiger partial charge in [0.1, 0.15) is 0 Å². The van der Waals surface area contributed by atoms with Gasteiger partial charge in [-0.1, -0.05) is 39.0 Å². The SMILES string of the molecule is CC(C)(C)c1cc(-c2ccc[nH]c2=O)c2ncc(-c3ccccc3C#N)nc2c1. The maximum Gasteiger partial charge on any atom is 0.255 e. The van der Waals surface area contributed by atoms with E-state index < -0.39 is 0 Å². The van der Waals surface area contributed by atoms with E-state index in [1.54, 1.807) is 30.6 Å². The molecule has 4 aromatic rings. The zero-order valence-electron chi connectivity index (χ0n) is 16.5. The van der Waals surface area contributed by atoms with Crippen LogP contribution in [0.15, 0.2) is 65.7 Å². The summed E-state index contributed by atoms with van der Waals surface area (Å²) >= 11 is 0. The molecule has 0 saturated heterocycles. The molecule has 2 aromatic heterocycles. The van der Waals surface area contributed by atoms with Gasteiger partial charge in [-0.2, -0.15) is 5.26 Å². The molecule has 0 unspecified atom stereocenters. The summed E-state index contributed by atoms with van der Waals surface area (Å²) < 4.78 is 0. The Morgan fingerprint density at radius 1 is 1.00 bits per heavy atom. The lowest BCUT2D eigenvalue weighted by Gasteiger charge is -2.21. The third-order valence-corrected chi connectivity index (χ3v) is 4.94. The predicted molar refractivity (Wildman–Crippen MR) is 114 cm³/mol. The van der Waals surface area contributed by atoms with Gasteiger partial charge in [-0.15, -0.1) is 0 Å². The van der Waals surface area contributed by atoms with Gasteiger partial charge in [0.25, 0.3) is 5.56 Å². The Morgan fingerprint density at radius 2 is 1.76 bits per heavy atom. The van der Waals surface area contributed by atoms with E-state index in [-0.39, 0.29) is 11.0 Å². The fourth-order valence-corrected chi connectivity index (χ4v) is 3.33. The van der Waals surface area contributed by atoms with Gasteiger partial charge in [-0.25, -0.2) is 4.98 Å². The molecule has 2 heterocycles. The summed E-state index contributed by atoms with van der Waals surface area (Å²) in [7, 11) is 0. The molecule has 0 aliphatic rings. The number of nitriles is 1. The minimum Gasteiger partial charge on any atom is -0.329 e. The van der Waals surface area contributed by atoms with Gasteiger partial charge in [0.15, 0.2) is 0 Å². The van der Waals surface area contributed by atoms with E-state index in [0.29, 0.717) is 27.9 Å². The third-order valence-electron chi connectivity index (χ3n) is 4.94. The van der Waals surface area contributed by atoms with Crippen LogP contribution in [-0.4, -0.2) is 15.0 Å². The molecule has 4 rings (SSSR count). The van der Waals surface area contributed by atoms with Crippen molar-refractivity contribution >= 4 is 11.0 Å². The molecule has 1 N–H and O–H groups in total. The molecule has 29 heavy (non-hydrogen) atoms. The Kier molecular flexibility index (Phi) is 4.48. The topological polar surface area (TPSA) is 82.4 Å². The smallest absolute Gasteiger partial charge is 0.255 e. The molecule has 0 spiro atoms. The highest BCUT2D eigenvalue weighted by atomic mass is 16.1. The molecule has 0 radical (unpaired) electrons. The first kappa shape index (κ1) is 18.6. The lowest BCUT2D eigenvalue weighted by Crippen LogP contribution is -2.13. The second-order valence-corrected chi connectivity index (χ2v) is 7.97. The Hall–Kier alpha value is -3.78. The van der Waals surface area contributed by atoms with Gasteiger partial charge >= 0.3 is 0 Å². The molecule has 0 aliphatic carbocycles. The number of aromatic nitrogens is 3. The van der Waals surface area contributed by atoms with E-state index in [9.17, 15) is 10.1 Å². The van der Waals surface area contributed by atoms with Crippen molar-refractivity contribution in [3.63, 3.8) is 0 Å². The first-order chi connectivity index (χ1) is 13.9. The number of benzene rings is 2. The number of H-pyrrole nitrogens is 1. The average Bonchev–Trinajstić information content (AvgIpc) is 2.72. The fourth-order valence-electron chi connectivity index (χ4n) is 3.33. The number of hydrogen-bond acceptors (Lipinski definition) is 4. The number of aromatic amines is 1. The monoisotopic (exact) mass is 380 g/mol. The van der Waals surface area contributed by atoms with Gasteiger partial charge in [-0.05, 0) is 41.3 Å². The second kappa shape index (κ2) is 6.99. The third kappa shape index (κ3) is 3.41. The molecular weight excluding hydrogens is 360 g/mol. The summed E-state index contributed by atoms with van der Waals surface area (Å²) in [5.74, 6) is 0. The van der Waals surface area contributed by atoms with Crippen LogP contribution in [-0.2, 0) is 5.41 Å². The number of rotatable bonds is 2. The molecule has 0 amide bonds. The molecule has 0 bridgehead atoms. The summed E-state index contributed by atoms with van der Waals surface area (Å²) in [4.78, 5) is 24.7. The molecule has 0 saturated carbocycles. The molecule has 5 nitrogen and oxygen atoms in total. The molecular formula is C24H20N4O. The largest absolute Gasteiger partial charge is 0.329 e. The van der Waals surface area contributed by atoms with Crippen LogP contribution >= 0.6 is 0 Å². The van der Waals surface area contributed by atoms with Gasteiger partial charge < -0.3 is 4.98 Å². The van der Waals surface area contributed by atoms with Crippen LogP contribution in [0.4, 0.5) is 0 Å². The van der Waals surface area contributed by atoms with Gasteiger partial charge in [0, 0.05) is 22.9 Å². The number of nitrogens with zero attached hydrogens (tertiary/aromatic N) is 3. The Labute approximate surface area is 168 Å². The minimum atomic E-state index is -0.166. The zero-order chi connectivity index (χ0) is 20.6. The van der Waals surface area contributed by atoms with Gasteiger partial charge in [0.2, 0.25) is 0 Å². The van der Waals surface area contributed by atoms with Crippen molar-refractivity contribution in [2.75, 3.05) is 0 Å². The van der Waals surface area contributed by atoms with E-state index in [1.807, 2.05) is 30.3 Å². The fraction of sp³-hybridized carbons (Fsp3) is 0.167. The summed E-state index contributed by atoms with van der Waals surface area (Å²) in [6.07, 6.45) is 3.28. The van der Waals surface area contributed by atoms with Crippen molar-refractivity contribution in [2.45, 2.75) is 26.2 Å². The lowest BCUT2D eigenvalue weighted by molar-refractivity contribution is 0.591. The van der Waals surface area contributed by atoms with E-state index in [2.05, 4.69) is 36.8 Å². The zero-order valence-corrected chi connectivity index (χ0v) is 16.5. The van der Waals surface area contributed by atoms with Crippen LogP contribution in [0, 0.1) is 11.3 Å². The molecule has 0 aliphatic heterocycles. The second-order valence-electron chi connectivity index (χ2n) is 7.97. The molecule has 5 heteroatoms. The molecule has 142 valence electrons. The van der Waals surface area contributed by atoms with Crippen LogP contribution in [0.1, 0.15) is 31.9 Å². The highest BCUT2D eigenvalue weighted by Gasteiger charge is 2.20. The van der Waals surface area contributed by atoms with E-state index in [1.165, 1.54) is 0 Å². The van der Waals surface area contributed by atoms with Gasteiger partial charge in [-0.3, -0.25) is 9.78 Å². The quantitative estimate of drug-likeness (QED) is 0.540. The van der Waals surface area contributed by atoms with Crippen molar-refractivity contribution in [1.29, 1.82) is 5.26 Å². The molecule has 0 fully saturated rings. The van der Waals surface area contributed by atoms with Crippen LogP contribution < -0.4 is 5.56 Å². The summed E-state index contributed by atoms with van der Waals surface area (Å²) in [5, 5.41) is 9.43. The van der Waals surface area contributed by atoms with Crippen molar-refractivity contribution in [3.05, 3.63) is 82.4 Å². The maximum absolute atomic E-state index is 12.5. The van der Waals surface area contributed by atoms with Crippen molar-refractivity contribution in [3.8, 4) is 28.5 Å². The highest BCUT2D eigenvalue weighted by molar-refractivity contribution is 5.93. The summed E-state index contributed by atoms with van der Waals surface area (Å²) in [5.41, 5.74) is 5.35. The Morgan fingerprint density at radius 3 is 2.48 bits per heavy atom. The first-order valence-electron chi connectivity index (χ1n) is 9.37. The standard InChI is InChI=1S/C24H20N4O/c1-24(2,3)16-11-19(18-9-6-10-26-23(18)29)22-20(12-16)28-21(14-27-22)17-8-5-4-7-15(17)13-25/h4-12,14H,1-3H3,(H,26,29). The van der Waals surface area contributed by atoms with Crippen molar-refractivity contribution in [2.24, 2.45) is 0 Å². The summed E-state index contributed by atoms with van der Waals surface area (Å²) in [6, 6.07) is 17.2. The number of pyridine rings is 1. The van der Waals surface area contributed by atoms with Crippen molar-refractivity contribution < 1.29 is 0 Å². The van der Waals surface area contributed by atoms with E-state index in [0.717, 1.165) is 16.7 Å². The number of hydrogen-bond donors (Lipinski definition) is 1. The molecule has 2 aromatic carbocycles.